The predicted molar refractivity (Wildman–Crippen MR) is 115 cm³/mol. The van der Waals surface area contributed by atoms with Crippen LogP contribution >= 0.6 is 0 Å². The minimum atomic E-state index is -0.0424. The number of fused-ring (bicyclic) bond motifs is 1. The molecule has 1 saturated heterocycles. The van der Waals surface area contributed by atoms with Crippen molar-refractivity contribution in [1.29, 1.82) is 0 Å². The summed E-state index contributed by atoms with van der Waals surface area (Å²) in [6.07, 6.45) is 2.32. The lowest BCUT2D eigenvalue weighted by Gasteiger charge is -2.16. The van der Waals surface area contributed by atoms with Crippen molar-refractivity contribution in [2.45, 2.75) is 38.6 Å². The van der Waals surface area contributed by atoms with E-state index in [0.29, 0.717) is 37.1 Å². The number of amides is 1. The second-order valence-corrected chi connectivity index (χ2v) is 8.31. The molecule has 4 aromatic rings. The van der Waals surface area contributed by atoms with Crippen molar-refractivity contribution in [3.05, 3.63) is 71.7 Å². The molecule has 1 N–H and O–H groups in total. The third kappa shape index (κ3) is 3.49. The summed E-state index contributed by atoms with van der Waals surface area (Å²) in [5, 5.41) is 5.31. The highest BCUT2D eigenvalue weighted by molar-refractivity contribution is 5.83. The number of H-pyrrole nitrogens is 1. The van der Waals surface area contributed by atoms with Crippen molar-refractivity contribution in [2.75, 3.05) is 6.54 Å². The maximum atomic E-state index is 12.6. The van der Waals surface area contributed by atoms with Crippen molar-refractivity contribution in [2.24, 2.45) is 0 Å². The number of carbonyl (C=O) groups is 1. The molecule has 0 saturated carbocycles. The molecule has 1 fully saturated rings. The van der Waals surface area contributed by atoms with Gasteiger partial charge in [0, 0.05) is 42.7 Å². The van der Waals surface area contributed by atoms with Crippen molar-refractivity contribution in [3.8, 4) is 11.5 Å². The summed E-state index contributed by atoms with van der Waals surface area (Å²) in [6, 6.07) is 16.5. The molecular weight excluding hydrogens is 376 g/mol. The zero-order valence-corrected chi connectivity index (χ0v) is 17.1. The highest BCUT2D eigenvalue weighted by Gasteiger charge is 2.33. The Hall–Kier alpha value is -3.41. The van der Waals surface area contributed by atoms with Crippen LogP contribution in [0, 0.1) is 0 Å². The van der Waals surface area contributed by atoms with Crippen molar-refractivity contribution in [1.82, 2.24) is 20.0 Å². The summed E-state index contributed by atoms with van der Waals surface area (Å²) in [5.41, 5.74) is 4.34. The number of benzene rings is 2. The molecule has 6 nitrogen and oxygen atoms in total. The summed E-state index contributed by atoms with van der Waals surface area (Å²) in [5.74, 6) is 1.67. The van der Waals surface area contributed by atoms with E-state index in [1.165, 1.54) is 5.56 Å². The van der Waals surface area contributed by atoms with Crippen molar-refractivity contribution >= 4 is 16.8 Å². The summed E-state index contributed by atoms with van der Waals surface area (Å²) < 4.78 is 5.51. The van der Waals surface area contributed by atoms with E-state index in [1.807, 2.05) is 35.4 Å². The van der Waals surface area contributed by atoms with Gasteiger partial charge in [-0.1, -0.05) is 49.3 Å². The van der Waals surface area contributed by atoms with E-state index in [0.717, 1.165) is 22.0 Å². The first-order valence-electron chi connectivity index (χ1n) is 10.3. The Morgan fingerprint density at radius 2 is 2.00 bits per heavy atom. The van der Waals surface area contributed by atoms with Gasteiger partial charge in [-0.15, -0.1) is 0 Å². The van der Waals surface area contributed by atoms with E-state index in [1.54, 1.807) is 0 Å². The van der Waals surface area contributed by atoms with Crippen LogP contribution in [-0.2, 0) is 11.3 Å². The molecule has 0 aliphatic carbocycles. The first-order chi connectivity index (χ1) is 14.6. The van der Waals surface area contributed by atoms with Gasteiger partial charge < -0.3 is 14.4 Å². The molecule has 2 aromatic heterocycles. The predicted octanol–water partition coefficient (Wildman–Crippen LogP) is 4.86. The topological polar surface area (TPSA) is 75.0 Å². The van der Waals surface area contributed by atoms with Gasteiger partial charge in [0.2, 0.25) is 5.91 Å². The second kappa shape index (κ2) is 7.44. The van der Waals surface area contributed by atoms with Crippen molar-refractivity contribution < 1.29 is 9.32 Å². The number of hydrogen-bond acceptors (Lipinski definition) is 4. The van der Waals surface area contributed by atoms with E-state index in [9.17, 15) is 4.79 Å². The van der Waals surface area contributed by atoms with Crippen LogP contribution in [0.4, 0.5) is 0 Å². The largest absolute Gasteiger partial charge is 0.361 e. The van der Waals surface area contributed by atoms with Gasteiger partial charge in [-0.3, -0.25) is 4.79 Å². The molecule has 3 heterocycles. The Morgan fingerprint density at radius 1 is 1.17 bits per heavy atom. The normalized spacial score (nSPS) is 16.8. The van der Waals surface area contributed by atoms with Gasteiger partial charge in [0.15, 0.2) is 5.82 Å². The fourth-order valence-electron chi connectivity index (χ4n) is 4.03. The Balaban J connectivity index is 1.29. The van der Waals surface area contributed by atoms with E-state index >= 15 is 0 Å². The van der Waals surface area contributed by atoms with E-state index in [2.05, 4.69) is 53.2 Å². The maximum Gasteiger partial charge on any atom is 0.258 e. The summed E-state index contributed by atoms with van der Waals surface area (Å²) in [4.78, 5) is 22.2. The molecule has 152 valence electrons. The number of nitrogens with one attached hydrogen (secondary N) is 1. The molecule has 0 bridgehead atoms. The lowest BCUT2D eigenvalue weighted by atomic mass is 10.0. The van der Waals surface area contributed by atoms with Crippen LogP contribution in [0.3, 0.4) is 0 Å². The number of rotatable bonds is 5. The van der Waals surface area contributed by atoms with E-state index in [4.69, 9.17) is 4.52 Å². The van der Waals surface area contributed by atoms with Crippen LogP contribution in [0.25, 0.3) is 22.4 Å². The molecule has 2 aromatic carbocycles. The fraction of sp³-hybridized carbons (Fsp3) is 0.292. The number of likely N-dealkylation sites (tertiary alicyclic amines) is 1. The van der Waals surface area contributed by atoms with Gasteiger partial charge in [0.05, 0.1) is 0 Å². The molecule has 1 amide bonds. The first kappa shape index (κ1) is 18.6. The Bertz CT molecular complexity index is 1190. The molecule has 0 radical (unpaired) electrons. The number of hydrogen-bond donors (Lipinski definition) is 1. The van der Waals surface area contributed by atoms with E-state index < -0.39 is 0 Å². The first-order valence-corrected chi connectivity index (χ1v) is 10.3. The Morgan fingerprint density at radius 3 is 2.80 bits per heavy atom. The van der Waals surface area contributed by atoms with Crippen LogP contribution in [0.15, 0.2) is 59.3 Å². The average molecular weight is 400 g/mol. The standard InChI is InChI=1S/C24H24N4O2/c1-15(2)17-5-3-16(4-6-17)13-28-14-20(12-22(28)29)23-26-24(30-27-23)19-8-7-18-9-10-25-21(18)11-19/h3-11,15,20,25H,12-14H2,1-2H3. The molecule has 5 rings (SSSR count). The molecule has 6 heteroatoms. The molecule has 1 atom stereocenters. The SMILES string of the molecule is CC(C)c1ccc(CN2CC(c3noc(-c4ccc5cc[nH]c5c4)n3)CC2=O)cc1. The van der Waals surface area contributed by atoms with E-state index in [-0.39, 0.29) is 11.8 Å². The molecule has 30 heavy (non-hydrogen) atoms. The lowest BCUT2D eigenvalue weighted by molar-refractivity contribution is -0.128. The number of aromatic amines is 1. The minimum Gasteiger partial charge on any atom is -0.361 e. The summed E-state index contributed by atoms with van der Waals surface area (Å²) in [7, 11) is 0. The fourth-order valence-corrected chi connectivity index (χ4v) is 4.03. The van der Waals surface area contributed by atoms with Crippen LogP contribution in [0.2, 0.25) is 0 Å². The minimum absolute atomic E-state index is 0.0424. The number of nitrogens with zero attached hydrogens (tertiary/aromatic N) is 3. The molecule has 1 unspecified atom stereocenters. The van der Waals surface area contributed by atoms with Gasteiger partial charge in [-0.25, -0.2) is 0 Å². The zero-order chi connectivity index (χ0) is 20.7. The number of carbonyl (C=O) groups excluding carboxylic acids is 1. The zero-order valence-electron chi connectivity index (χ0n) is 17.1. The monoisotopic (exact) mass is 400 g/mol. The summed E-state index contributed by atoms with van der Waals surface area (Å²) in [6.45, 7) is 5.58. The van der Waals surface area contributed by atoms with Crippen LogP contribution in [-0.4, -0.2) is 32.5 Å². The van der Waals surface area contributed by atoms with Gasteiger partial charge in [-0.2, -0.15) is 4.98 Å². The van der Waals surface area contributed by atoms with Crippen LogP contribution in [0.5, 0.6) is 0 Å². The maximum absolute atomic E-state index is 12.6. The van der Waals surface area contributed by atoms with Gasteiger partial charge in [0.1, 0.15) is 0 Å². The smallest absolute Gasteiger partial charge is 0.258 e. The second-order valence-electron chi connectivity index (χ2n) is 8.31. The third-order valence-electron chi connectivity index (χ3n) is 5.84. The Kier molecular flexibility index (Phi) is 4.62. The highest BCUT2D eigenvalue weighted by atomic mass is 16.5. The third-order valence-corrected chi connectivity index (χ3v) is 5.84. The molecule has 0 spiro atoms. The highest BCUT2D eigenvalue weighted by Crippen LogP contribution is 2.30. The molecule has 1 aliphatic heterocycles. The van der Waals surface area contributed by atoms with Crippen LogP contribution < -0.4 is 0 Å². The van der Waals surface area contributed by atoms with Gasteiger partial charge in [0.25, 0.3) is 5.89 Å². The number of aromatic nitrogens is 3. The Labute approximate surface area is 174 Å². The lowest BCUT2D eigenvalue weighted by Crippen LogP contribution is -2.24. The van der Waals surface area contributed by atoms with Crippen molar-refractivity contribution in [3.63, 3.8) is 0 Å². The molecule has 1 aliphatic rings. The van der Waals surface area contributed by atoms with Gasteiger partial charge >= 0.3 is 0 Å². The van der Waals surface area contributed by atoms with Crippen LogP contribution in [0.1, 0.15) is 49.1 Å². The quantitative estimate of drug-likeness (QED) is 0.519. The molecular formula is C24H24N4O2. The average Bonchev–Trinajstić information content (AvgIpc) is 3.48. The summed E-state index contributed by atoms with van der Waals surface area (Å²) >= 11 is 0. The van der Waals surface area contributed by atoms with Gasteiger partial charge in [-0.05, 0) is 40.6 Å².